The molecule has 0 radical (unpaired) electrons. The van der Waals surface area contributed by atoms with Gasteiger partial charge in [-0.15, -0.1) is 12.4 Å². The Kier molecular flexibility index (Phi) is 7.55. The second-order valence-corrected chi connectivity index (χ2v) is 8.10. The average molecular weight is 414 g/mol. The summed E-state index contributed by atoms with van der Waals surface area (Å²) in [5.41, 5.74) is 6.65. The highest BCUT2D eigenvalue weighted by Gasteiger charge is 2.40. The fourth-order valence-electron chi connectivity index (χ4n) is 4.31. The Bertz CT molecular complexity index is 677. The summed E-state index contributed by atoms with van der Waals surface area (Å²) in [7, 11) is 1.74. The zero-order valence-corrected chi connectivity index (χ0v) is 17.4. The number of nitrogens with zero attached hydrogens (tertiary/aromatic N) is 2. The van der Waals surface area contributed by atoms with E-state index in [1.165, 1.54) is 6.42 Å². The van der Waals surface area contributed by atoms with Crippen LogP contribution >= 0.6 is 24.0 Å². The molecule has 3 rings (SSSR count). The van der Waals surface area contributed by atoms with Gasteiger partial charge in [-0.25, -0.2) is 0 Å². The highest BCUT2D eigenvalue weighted by atomic mass is 35.5. The number of benzene rings is 1. The van der Waals surface area contributed by atoms with E-state index in [0.29, 0.717) is 36.6 Å². The molecule has 1 saturated heterocycles. The SMILES string of the molecule is CN(C(=O)CC1(CN)CCCCC1)C1CCN(c2ccccc2Cl)C1=O.Cl. The van der Waals surface area contributed by atoms with Gasteiger partial charge >= 0.3 is 0 Å². The van der Waals surface area contributed by atoms with E-state index in [0.717, 1.165) is 25.7 Å². The second-order valence-electron chi connectivity index (χ2n) is 7.69. The normalized spacial score (nSPS) is 21.7. The van der Waals surface area contributed by atoms with E-state index in [1.807, 2.05) is 18.2 Å². The van der Waals surface area contributed by atoms with Crippen molar-refractivity contribution in [3.05, 3.63) is 29.3 Å². The molecule has 1 heterocycles. The fourth-order valence-corrected chi connectivity index (χ4v) is 4.55. The number of likely N-dealkylation sites (N-methyl/N-ethyl adjacent to an activating group) is 1. The number of nitrogens with two attached hydrogens (primary N) is 1. The van der Waals surface area contributed by atoms with Gasteiger partial charge in [-0.05, 0) is 43.4 Å². The molecule has 0 spiro atoms. The third-order valence-electron chi connectivity index (χ3n) is 6.05. The lowest BCUT2D eigenvalue weighted by Crippen LogP contribution is -2.46. The first-order valence-electron chi connectivity index (χ1n) is 9.49. The van der Waals surface area contributed by atoms with Gasteiger partial charge in [-0.1, -0.05) is 43.0 Å². The highest BCUT2D eigenvalue weighted by Crippen LogP contribution is 2.39. The van der Waals surface area contributed by atoms with E-state index in [1.54, 1.807) is 22.9 Å². The van der Waals surface area contributed by atoms with E-state index in [-0.39, 0.29) is 29.6 Å². The fraction of sp³-hybridized carbons (Fsp3) is 0.600. The smallest absolute Gasteiger partial charge is 0.249 e. The summed E-state index contributed by atoms with van der Waals surface area (Å²) in [6.45, 7) is 1.11. The molecule has 2 fully saturated rings. The van der Waals surface area contributed by atoms with Crippen molar-refractivity contribution in [3.63, 3.8) is 0 Å². The van der Waals surface area contributed by atoms with Crippen LogP contribution in [0.1, 0.15) is 44.9 Å². The van der Waals surface area contributed by atoms with Gasteiger partial charge in [0.25, 0.3) is 0 Å². The largest absolute Gasteiger partial charge is 0.334 e. The Balaban J connectivity index is 0.00000261. The van der Waals surface area contributed by atoms with Gasteiger partial charge in [0.05, 0.1) is 10.7 Å². The summed E-state index contributed by atoms with van der Waals surface area (Å²) in [6, 6.07) is 6.91. The molecule has 150 valence electrons. The van der Waals surface area contributed by atoms with Crippen LogP contribution < -0.4 is 10.6 Å². The lowest BCUT2D eigenvalue weighted by atomic mass is 9.71. The van der Waals surface area contributed by atoms with E-state index < -0.39 is 6.04 Å². The van der Waals surface area contributed by atoms with Crippen molar-refractivity contribution in [1.29, 1.82) is 0 Å². The van der Waals surface area contributed by atoms with Gasteiger partial charge in [0, 0.05) is 20.0 Å². The molecule has 1 aliphatic heterocycles. The van der Waals surface area contributed by atoms with Crippen LogP contribution in [0.4, 0.5) is 5.69 Å². The molecule has 1 aliphatic carbocycles. The minimum atomic E-state index is -0.419. The van der Waals surface area contributed by atoms with Crippen molar-refractivity contribution in [2.75, 3.05) is 25.0 Å². The van der Waals surface area contributed by atoms with Gasteiger partial charge in [-0.3, -0.25) is 9.59 Å². The number of amides is 2. The number of halogens is 2. The number of hydrogen-bond acceptors (Lipinski definition) is 3. The maximum Gasteiger partial charge on any atom is 0.249 e. The summed E-state index contributed by atoms with van der Waals surface area (Å²) in [4.78, 5) is 29.1. The van der Waals surface area contributed by atoms with Crippen molar-refractivity contribution < 1.29 is 9.59 Å². The van der Waals surface area contributed by atoms with Crippen LogP contribution in [0, 0.1) is 5.41 Å². The number of para-hydroxylation sites is 1. The molecule has 5 nitrogen and oxygen atoms in total. The van der Waals surface area contributed by atoms with Crippen molar-refractivity contribution in [2.24, 2.45) is 11.1 Å². The quantitative estimate of drug-likeness (QED) is 0.800. The topological polar surface area (TPSA) is 66.6 Å². The Morgan fingerprint density at radius 1 is 1.30 bits per heavy atom. The summed E-state index contributed by atoms with van der Waals surface area (Å²) < 4.78 is 0. The summed E-state index contributed by atoms with van der Waals surface area (Å²) in [5, 5.41) is 0.555. The predicted octanol–water partition coefficient (Wildman–Crippen LogP) is 3.62. The predicted molar refractivity (Wildman–Crippen MR) is 111 cm³/mol. The second kappa shape index (κ2) is 9.26. The molecule has 2 aliphatic rings. The Morgan fingerprint density at radius 3 is 2.59 bits per heavy atom. The minimum Gasteiger partial charge on any atom is -0.334 e. The van der Waals surface area contributed by atoms with E-state index >= 15 is 0 Å². The lowest BCUT2D eigenvalue weighted by molar-refractivity contribution is -0.139. The number of anilines is 1. The van der Waals surface area contributed by atoms with Crippen LogP contribution in [0.25, 0.3) is 0 Å². The van der Waals surface area contributed by atoms with Crippen LogP contribution in [0.2, 0.25) is 5.02 Å². The molecular weight excluding hydrogens is 385 g/mol. The number of carbonyl (C=O) groups excluding carboxylic acids is 2. The minimum absolute atomic E-state index is 0. The number of hydrogen-bond donors (Lipinski definition) is 1. The molecule has 2 N–H and O–H groups in total. The zero-order valence-electron chi connectivity index (χ0n) is 15.8. The Labute approximate surface area is 172 Å². The van der Waals surface area contributed by atoms with Gasteiger partial charge in [-0.2, -0.15) is 0 Å². The van der Waals surface area contributed by atoms with Gasteiger partial charge in [0.15, 0.2) is 0 Å². The zero-order chi connectivity index (χ0) is 18.7. The summed E-state index contributed by atoms with van der Waals surface area (Å²) in [5.74, 6) is -0.0314. The molecule has 27 heavy (non-hydrogen) atoms. The molecule has 0 aromatic heterocycles. The molecule has 1 aromatic rings. The average Bonchev–Trinajstić information content (AvgIpc) is 3.03. The Morgan fingerprint density at radius 2 is 1.96 bits per heavy atom. The van der Waals surface area contributed by atoms with Crippen LogP contribution in [-0.4, -0.2) is 42.9 Å². The summed E-state index contributed by atoms with van der Waals surface area (Å²) in [6.07, 6.45) is 6.58. The molecule has 7 heteroatoms. The number of rotatable bonds is 5. The molecular formula is C20H29Cl2N3O2. The van der Waals surface area contributed by atoms with Crippen molar-refractivity contribution in [3.8, 4) is 0 Å². The van der Waals surface area contributed by atoms with Crippen molar-refractivity contribution in [2.45, 2.75) is 51.0 Å². The van der Waals surface area contributed by atoms with Crippen LogP contribution in [-0.2, 0) is 9.59 Å². The van der Waals surface area contributed by atoms with Gasteiger partial charge < -0.3 is 15.5 Å². The number of carbonyl (C=O) groups is 2. The maximum atomic E-state index is 12.9. The molecule has 1 unspecified atom stereocenters. The van der Waals surface area contributed by atoms with Gasteiger partial charge in [0.1, 0.15) is 6.04 Å². The first-order chi connectivity index (χ1) is 12.5. The van der Waals surface area contributed by atoms with Crippen molar-refractivity contribution >= 4 is 41.5 Å². The monoisotopic (exact) mass is 413 g/mol. The lowest BCUT2D eigenvalue weighted by Gasteiger charge is -2.37. The third-order valence-corrected chi connectivity index (χ3v) is 6.37. The first kappa shape index (κ1) is 22.0. The van der Waals surface area contributed by atoms with Crippen LogP contribution in [0.3, 0.4) is 0 Å². The third kappa shape index (κ3) is 4.58. The maximum absolute atomic E-state index is 12.9. The molecule has 1 saturated carbocycles. The van der Waals surface area contributed by atoms with Crippen molar-refractivity contribution in [1.82, 2.24) is 4.90 Å². The standard InChI is InChI=1S/C20H28ClN3O2.ClH/c1-23(18(25)13-20(14-22)10-5-2-6-11-20)17-9-12-24(19(17)26)16-8-4-3-7-15(16)21;/h3-4,7-8,17H,2,5-6,9-14,22H2,1H3;1H. The summed E-state index contributed by atoms with van der Waals surface area (Å²) >= 11 is 6.24. The van der Waals surface area contributed by atoms with E-state index in [4.69, 9.17) is 17.3 Å². The van der Waals surface area contributed by atoms with E-state index in [9.17, 15) is 9.59 Å². The first-order valence-corrected chi connectivity index (χ1v) is 9.87. The van der Waals surface area contributed by atoms with Crippen LogP contribution in [0.5, 0.6) is 0 Å². The molecule has 1 aromatic carbocycles. The van der Waals surface area contributed by atoms with Crippen LogP contribution in [0.15, 0.2) is 24.3 Å². The highest BCUT2D eigenvalue weighted by molar-refractivity contribution is 6.34. The molecule has 1 atom stereocenters. The van der Waals surface area contributed by atoms with Gasteiger partial charge in [0.2, 0.25) is 11.8 Å². The Hall–Kier alpha value is -1.30. The molecule has 2 amide bonds. The molecule has 0 bridgehead atoms. The van der Waals surface area contributed by atoms with E-state index in [2.05, 4.69) is 0 Å².